The fraction of sp³-hybridized carbons (Fsp3) is 0.833. The van der Waals surface area contributed by atoms with Gasteiger partial charge in [0.2, 0.25) is 0 Å². The van der Waals surface area contributed by atoms with Crippen molar-refractivity contribution < 1.29 is 19.8 Å². The molecule has 1 fully saturated rings. The van der Waals surface area contributed by atoms with Crippen LogP contribution in [0.2, 0.25) is 0 Å². The van der Waals surface area contributed by atoms with Crippen LogP contribution in [0.25, 0.3) is 0 Å². The van der Waals surface area contributed by atoms with Gasteiger partial charge in [-0.3, -0.25) is 9.59 Å². The Bertz CT molecular complexity index is 252. The van der Waals surface area contributed by atoms with E-state index in [4.69, 9.17) is 10.2 Å². The summed E-state index contributed by atoms with van der Waals surface area (Å²) in [6, 6.07) is 0. The summed E-state index contributed by atoms with van der Waals surface area (Å²) < 4.78 is 0. The van der Waals surface area contributed by atoms with Crippen LogP contribution in [0, 0.1) is 11.3 Å². The molecule has 4 heteroatoms. The maximum Gasteiger partial charge on any atom is 0.321 e. The molecule has 0 saturated heterocycles. The van der Waals surface area contributed by atoms with Crippen LogP contribution in [0.4, 0.5) is 0 Å². The van der Waals surface area contributed by atoms with E-state index in [1.165, 1.54) is 12.8 Å². The minimum absolute atomic E-state index is 0.157. The third-order valence-electron chi connectivity index (χ3n) is 3.88. The smallest absolute Gasteiger partial charge is 0.321 e. The highest BCUT2D eigenvalue weighted by molar-refractivity contribution is 5.98. The van der Waals surface area contributed by atoms with Crippen molar-refractivity contribution in [1.82, 2.24) is 0 Å². The highest BCUT2D eigenvalue weighted by Crippen LogP contribution is 2.35. The predicted octanol–water partition coefficient (Wildman–Crippen LogP) is 2.52. The van der Waals surface area contributed by atoms with Gasteiger partial charge < -0.3 is 10.2 Å². The fourth-order valence-electron chi connectivity index (χ4n) is 2.53. The first-order valence-electron chi connectivity index (χ1n) is 5.99. The molecule has 0 spiro atoms. The first-order valence-corrected chi connectivity index (χ1v) is 5.99. The van der Waals surface area contributed by atoms with Gasteiger partial charge in [-0.05, 0) is 25.2 Å². The molecule has 0 atom stereocenters. The number of aliphatic carboxylic acids is 2. The summed E-state index contributed by atoms with van der Waals surface area (Å²) in [4.78, 5) is 22.2. The second-order valence-electron chi connectivity index (χ2n) is 4.74. The molecule has 0 aromatic heterocycles. The van der Waals surface area contributed by atoms with Crippen molar-refractivity contribution in [3.05, 3.63) is 0 Å². The van der Waals surface area contributed by atoms with Gasteiger partial charge in [0.25, 0.3) is 0 Å². The van der Waals surface area contributed by atoms with E-state index in [0.29, 0.717) is 5.92 Å². The average Bonchev–Trinajstić information content (AvgIpc) is 2.71. The molecule has 0 radical (unpaired) electrons. The first kappa shape index (κ1) is 13.0. The molecule has 0 heterocycles. The molecular weight excluding hydrogens is 208 g/mol. The Morgan fingerprint density at radius 1 is 1.19 bits per heavy atom. The predicted molar refractivity (Wildman–Crippen MR) is 59.2 cm³/mol. The molecule has 4 nitrogen and oxygen atoms in total. The number of carboxylic acids is 2. The van der Waals surface area contributed by atoms with Crippen LogP contribution >= 0.6 is 0 Å². The molecule has 1 rings (SSSR count). The minimum Gasteiger partial charge on any atom is -0.480 e. The molecule has 92 valence electrons. The molecule has 2 N–H and O–H groups in total. The Kier molecular flexibility index (Phi) is 4.33. The second kappa shape index (κ2) is 5.32. The van der Waals surface area contributed by atoms with Gasteiger partial charge >= 0.3 is 11.9 Å². The second-order valence-corrected chi connectivity index (χ2v) is 4.74. The number of rotatable bonds is 6. The summed E-state index contributed by atoms with van der Waals surface area (Å²) in [7, 11) is 0. The molecule has 0 bridgehead atoms. The lowest BCUT2D eigenvalue weighted by Gasteiger charge is -2.24. The zero-order chi connectivity index (χ0) is 12.2. The van der Waals surface area contributed by atoms with Crippen LogP contribution in [0.3, 0.4) is 0 Å². The highest BCUT2D eigenvalue weighted by atomic mass is 16.4. The largest absolute Gasteiger partial charge is 0.480 e. The molecular formula is C12H20O4. The number of carboxylic acid groups (broad SMARTS) is 2. The van der Waals surface area contributed by atoms with Crippen LogP contribution in [0.5, 0.6) is 0 Å². The molecule has 1 aliphatic carbocycles. The summed E-state index contributed by atoms with van der Waals surface area (Å²) >= 11 is 0. The lowest BCUT2D eigenvalue weighted by molar-refractivity contribution is -0.165. The van der Waals surface area contributed by atoms with Gasteiger partial charge in [0, 0.05) is 0 Å². The first-order chi connectivity index (χ1) is 7.53. The van der Waals surface area contributed by atoms with Crippen molar-refractivity contribution >= 4 is 11.9 Å². The van der Waals surface area contributed by atoms with E-state index in [0.717, 1.165) is 19.3 Å². The lowest BCUT2D eigenvalue weighted by atomic mass is 9.78. The van der Waals surface area contributed by atoms with Gasteiger partial charge in [0.05, 0.1) is 0 Å². The summed E-state index contributed by atoms with van der Waals surface area (Å²) in [6.07, 6.45) is 5.79. The van der Waals surface area contributed by atoms with E-state index in [9.17, 15) is 9.59 Å². The lowest BCUT2D eigenvalue weighted by Crippen LogP contribution is -2.39. The maximum atomic E-state index is 11.1. The van der Waals surface area contributed by atoms with Crippen molar-refractivity contribution in [3.63, 3.8) is 0 Å². The Morgan fingerprint density at radius 3 is 2.06 bits per heavy atom. The molecule has 16 heavy (non-hydrogen) atoms. The number of hydrogen-bond donors (Lipinski definition) is 2. The quantitative estimate of drug-likeness (QED) is 0.685. The van der Waals surface area contributed by atoms with Crippen molar-refractivity contribution in [1.29, 1.82) is 0 Å². The van der Waals surface area contributed by atoms with Crippen molar-refractivity contribution in [3.8, 4) is 0 Å². The van der Waals surface area contributed by atoms with E-state index in [1.807, 2.05) is 0 Å². The Hall–Kier alpha value is -1.06. The molecule has 0 aliphatic heterocycles. The van der Waals surface area contributed by atoms with Gasteiger partial charge in [-0.25, -0.2) is 0 Å². The Balaban J connectivity index is 2.62. The van der Waals surface area contributed by atoms with E-state index < -0.39 is 17.4 Å². The topological polar surface area (TPSA) is 74.6 Å². The van der Waals surface area contributed by atoms with E-state index in [-0.39, 0.29) is 12.8 Å². The SMILES string of the molecule is CCC(CCC1CCCC1)(C(=O)O)C(=O)O. The van der Waals surface area contributed by atoms with E-state index in [2.05, 4.69) is 0 Å². The number of hydrogen-bond acceptors (Lipinski definition) is 2. The minimum atomic E-state index is -1.57. The third-order valence-corrected chi connectivity index (χ3v) is 3.88. The van der Waals surface area contributed by atoms with Crippen LogP contribution in [-0.2, 0) is 9.59 Å². The summed E-state index contributed by atoms with van der Waals surface area (Å²) in [6.45, 7) is 1.64. The highest BCUT2D eigenvalue weighted by Gasteiger charge is 2.44. The normalized spacial score (nSPS) is 17.6. The summed E-state index contributed by atoms with van der Waals surface area (Å²) in [5, 5.41) is 18.2. The molecule has 0 aromatic rings. The summed E-state index contributed by atoms with van der Waals surface area (Å²) in [5.41, 5.74) is -1.57. The van der Waals surface area contributed by atoms with Gasteiger partial charge in [-0.1, -0.05) is 32.6 Å². The van der Waals surface area contributed by atoms with Gasteiger partial charge in [0.15, 0.2) is 5.41 Å². The van der Waals surface area contributed by atoms with Crippen molar-refractivity contribution in [2.75, 3.05) is 0 Å². The van der Waals surface area contributed by atoms with Gasteiger partial charge in [-0.15, -0.1) is 0 Å². The van der Waals surface area contributed by atoms with Crippen LogP contribution < -0.4 is 0 Å². The van der Waals surface area contributed by atoms with Crippen LogP contribution in [-0.4, -0.2) is 22.2 Å². The average molecular weight is 228 g/mol. The van der Waals surface area contributed by atoms with E-state index >= 15 is 0 Å². The summed E-state index contributed by atoms with van der Waals surface area (Å²) in [5.74, 6) is -1.86. The van der Waals surface area contributed by atoms with Crippen molar-refractivity contribution in [2.24, 2.45) is 11.3 Å². The molecule has 1 saturated carbocycles. The maximum absolute atomic E-state index is 11.1. The van der Waals surface area contributed by atoms with Crippen LogP contribution in [0.1, 0.15) is 51.9 Å². The molecule has 0 unspecified atom stereocenters. The molecule has 0 aromatic carbocycles. The molecule has 0 amide bonds. The van der Waals surface area contributed by atoms with E-state index in [1.54, 1.807) is 6.92 Å². The van der Waals surface area contributed by atoms with Crippen LogP contribution in [0.15, 0.2) is 0 Å². The molecule has 1 aliphatic rings. The number of carbonyl (C=O) groups is 2. The fourth-order valence-corrected chi connectivity index (χ4v) is 2.53. The van der Waals surface area contributed by atoms with Gasteiger partial charge in [-0.2, -0.15) is 0 Å². The zero-order valence-corrected chi connectivity index (χ0v) is 9.74. The van der Waals surface area contributed by atoms with Gasteiger partial charge in [0.1, 0.15) is 0 Å². The Labute approximate surface area is 95.7 Å². The third kappa shape index (κ3) is 2.54. The van der Waals surface area contributed by atoms with Crippen molar-refractivity contribution in [2.45, 2.75) is 51.9 Å². The standard InChI is InChI=1S/C12H20O4/c1-2-12(10(13)14,11(15)16)8-7-9-5-3-4-6-9/h9H,2-8H2,1H3,(H,13,14)(H,15,16). The monoisotopic (exact) mass is 228 g/mol. The zero-order valence-electron chi connectivity index (χ0n) is 9.74. The Morgan fingerprint density at radius 2 is 1.69 bits per heavy atom.